The molecule has 0 saturated carbocycles. The Kier molecular flexibility index (Phi) is 3.52. The third-order valence-corrected chi connectivity index (χ3v) is 3.40. The van der Waals surface area contributed by atoms with E-state index in [2.05, 4.69) is 0 Å². The molecule has 0 aliphatic heterocycles. The van der Waals surface area contributed by atoms with Gasteiger partial charge in [0.2, 0.25) is 0 Å². The lowest BCUT2D eigenvalue weighted by Gasteiger charge is -2.16. The van der Waals surface area contributed by atoms with E-state index in [1.54, 1.807) is 23.9 Å². The lowest BCUT2D eigenvalue weighted by atomic mass is 10.1. The topological polar surface area (TPSA) is 40.5 Å². The van der Waals surface area contributed by atoms with E-state index in [1.165, 1.54) is 6.92 Å². The Morgan fingerprint density at radius 3 is 1.88 bits per heavy atom. The molecule has 0 heterocycles. The highest BCUT2D eigenvalue weighted by Gasteiger charge is 2.17. The second-order valence-electron chi connectivity index (χ2n) is 3.96. The molecule has 0 fully saturated rings. The van der Waals surface area contributed by atoms with Gasteiger partial charge in [0.1, 0.15) is 0 Å². The summed E-state index contributed by atoms with van der Waals surface area (Å²) < 4.78 is 0. The van der Waals surface area contributed by atoms with Crippen LogP contribution in [0, 0.1) is 0 Å². The van der Waals surface area contributed by atoms with Gasteiger partial charge in [-0.25, -0.2) is 0 Å². The van der Waals surface area contributed by atoms with E-state index in [4.69, 9.17) is 0 Å². The average molecular weight is 246 g/mol. The molecule has 2 nitrogen and oxygen atoms in total. The summed E-state index contributed by atoms with van der Waals surface area (Å²) in [5.41, 5.74) is 0.495. The zero-order chi connectivity index (χ0) is 12.3. The van der Waals surface area contributed by atoms with Gasteiger partial charge >= 0.3 is 0 Å². The monoisotopic (exact) mass is 246 g/mol. The summed E-state index contributed by atoms with van der Waals surface area (Å²) in [5, 5.41) is 18.8. The molecule has 0 spiro atoms. The number of benzene rings is 2. The van der Waals surface area contributed by atoms with Crippen molar-refractivity contribution in [3.05, 3.63) is 60.2 Å². The molecular weight excluding hydrogens is 232 g/mol. The Bertz CT molecular complexity index is 472. The molecular formula is C14H14O2S. The van der Waals surface area contributed by atoms with Crippen LogP contribution in [0.4, 0.5) is 0 Å². The van der Waals surface area contributed by atoms with Crippen molar-refractivity contribution in [3.63, 3.8) is 0 Å². The molecule has 0 atom stereocenters. The molecule has 17 heavy (non-hydrogen) atoms. The van der Waals surface area contributed by atoms with E-state index in [1.807, 2.05) is 42.5 Å². The Labute approximate surface area is 105 Å². The molecule has 3 heteroatoms. The standard InChI is InChI=1S/C14H14O2S/c1-14(15,16)11-7-9-13(10-8-11)17-12-5-3-2-4-6-12/h2-10,15-16H,1H3. The molecule has 88 valence electrons. The summed E-state index contributed by atoms with van der Waals surface area (Å²) in [4.78, 5) is 2.24. The molecule has 2 aromatic carbocycles. The van der Waals surface area contributed by atoms with Crippen molar-refractivity contribution in [2.24, 2.45) is 0 Å². The summed E-state index contributed by atoms with van der Waals surface area (Å²) >= 11 is 1.64. The van der Waals surface area contributed by atoms with Gasteiger partial charge in [0.25, 0.3) is 0 Å². The summed E-state index contributed by atoms with van der Waals surface area (Å²) in [6, 6.07) is 17.3. The minimum absolute atomic E-state index is 0.495. The van der Waals surface area contributed by atoms with Gasteiger partial charge in [-0.3, -0.25) is 0 Å². The first-order valence-electron chi connectivity index (χ1n) is 5.34. The van der Waals surface area contributed by atoms with Crippen molar-refractivity contribution >= 4 is 11.8 Å². The van der Waals surface area contributed by atoms with Crippen LogP contribution >= 0.6 is 11.8 Å². The first kappa shape index (κ1) is 12.2. The van der Waals surface area contributed by atoms with Crippen molar-refractivity contribution < 1.29 is 10.2 Å². The molecule has 2 aromatic rings. The smallest absolute Gasteiger partial charge is 0.186 e. The molecule has 0 unspecified atom stereocenters. The van der Waals surface area contributed by atoms with Crippen LogP contribution in [0.5, 0.6) is 0 Å². The van der Waals surface area contributed by atoms with Crippen LogP contribution < -0.4 is 0 Å². The van der Waals surface area contributed by atoms with Crippen LogP contribution in [-0.2, 0) is 5.79 Å². The maximum atomic E-state index is 9.42. The number of aliphatic hydroxyl groups is 2. The lowest BCUT2D eigenvalue weighted by Crippen LogP contribution is -2.19. The van der Waals surface area contributed by atoms with E-state index in [0.717, 1.165) is 9.79 Å². The molecule has 0 bridgehead atoms. The SMILES string of the molecule is CC(O)(O)c1ccc(Sc2ccccc2)cc1. The van der Waals surface area contributed by atoms with Crippen molar-refractivity contribution in [2.45, 2.75) is 22.5 Å². The molecule has 0 aromatic heterocycles. The largest absolute Gasteiger partial charge is 0.362 e. The first-order valence-corrected chi connectivity index (χ1v) is 6.15. The highest BCUT2D eigenvalue weighted by atomic mass is 32.2. The van der Waals surface area contributed by atoms with Crippen molar-refractivity contribution in [3.8, 4) is 0 Å². The van der Waals surface area contributed by atoms with Gasteiger partial charge in [-0.2, -0.15) is 0 Å². The van der Waals surface area contributed by atoms with Gasteiger partial charge in [0.05, 0.1) is 0 Å². The predicted octanol–water partition coefficient (Wildman–Crippen LogP) is 3.00. The summed E-state index contributed by atoms with van der Waals surface area (Å²) in [6.45, 7) is 1.35. The van der Waals surface area contributed by atoms with Crippen LogP contribution in [0.1, 0.15) is 12.5 Å². The van der Waals surface area contributed by atoms with Crippen LogP contribution in [0.2, 0.25) is 0 Å². The molecule has 2 N–H and O–H groups in total. The zero-order valence-electron chi connectivity index (χ0n) is 9.50. The van der Waals surface area contributed by atoms with Crippen LogP contribution in [-0.4, -0.2) is 10.2 Å². The van der Waals surface area contributed by atoms with Crippen LogP contribution in [0.25, 0.3) is 0 Å². The fraction of sp³-hybridized carbons (Fsp3) is 0.143. The number of rotatable bonds is 3. The number of hydrogen-bond acceptors (Lipinski definition) is 3. The maximum absolute atomic E-state index is 9.42. The number of hydrogen-bond donors (Lipinski definition) is 2. The molecule has 2 rings (SSSR count). The maximum Gasteiger partial charge on any atom is 0.186 e. The Hall–Kier alpha value is -1.29. The van der Waals surface area contributed by atoms with Gasteiger partial charge < -0.3 is 10.2 Å². The summed E-state index contributed by atoms with van der Waals surface area (Å²) in [7, 11) is 0. The molecule has 0 saturated heterocycles. The van der Waals surface area contributed by atoms with Gasteiger partial charge in [-0.15, -0.1) is 0 Å². The highest BCUT2D eigenvalue weighted by molar-refractivity contribution is 7.99. The van der Waals surface area contributed by atoms with Crippen LogP contribution in [0.3, 0.4) is 0 Å². The predicted molar refractivity (Wildman–Crippen MR) is 68.8 cm³/mol. The lowest BCUT2D eigenvalue weighted by molar-refractivity contribution is -0.152. The highest BCUT2D eigenvalue weighted by Crippen LogP contribution is 2.28. The first-order chi connectivity index (χ1) is 8.05. The quantitative estimate of drug-likeness (QED) is 0.818. The normalized spacial score (nSPS) is 11.5. The van der Waals surface area contributed by atoms with Gasteiger partial charge in [0.15, 0.2) is 5.79 Å². The fourth-order valence-corrected chi connectivity index (χ4v) is 2.30. The zero-order valence-corrected chi connectivity index (χ0v) is 10.3. The third kappa shape index (κ3) is 3.33. The molecule has 0 radical (unpaired) electrons. The Balaban J connectivity index is 2.14. The van der Waals surface area contributed by atoms with Gasteiger partial charge in [-0.05, 0) is 31.2 Å². The van der Waals surface area contributed by atoms with E-state index >= 15 is 0 Å². The van der Waals surface area contributed by atoms with Crippen LogP contribution in [0.15, 0.2) is 64.4 Å². The van der Waals surface area contributed by atoms with Crippen molar-refractivity contribution in [1.29, 1.82) is 0 Å². The van der Waals surface area contributed by atoms with Gasteiger partial charge in [0, 0.05) is 15.4 Å². The summed E-state index contributed by atoms with van der Waals surface area (Å²) in [6.07, 6.45) is 0. The third-order valence-electron chi connectivity index (χ3n) is 2.38. The molecule has 0 aliphatic rings. The Morgan fingerprint density at radius 1 is 0.824 bits per heavy atom. The fourth-order valence-electron chi connectivity index (χ4n) is 1.46. The van der Waals surface area contributed by atoms with Crippen molar-refractivity contribution in [1.82, 2.24) is 0 Å². The van der Waals surface area contributed by atoms with Gasteiger partial charge in [-0.1, -0.05) is 42.1 Å². The minimum atomic E-state index is -1.77. The summed E-state index contributed by atoms with van der Waals surface area (Å²) in [5.74, 6) is -1.77. The van der Waals surface area contributed by atoms with E-state index in [-0.39, 0.29) is 0 Å². The molecule has 0 amide bonds. The second kappa shape index (κ2) is 4.92. The minimum Gasteiger partial charge on any atom is -0.362 e. The second-order valence-corrected chi connectivity index (χ2v) is 5.11. The van der Waals surface area contributed by atoms with E-state index in [9.17, 15) is 10.2 Å². The van der Waals surface area contributed by atoms with E-state index in [0.29, 0.717) is 5.56 Å². The van der Waals surface area contributed by atoms with E-state index < -0.39 is 5.79 Å². The Morgan fingerprint density at radius 2 is 1.35 bits per heavy atom. The van der Waals surface area contributed by atoms with Crippen molar-refractivity contribution in [2.75, 3.05) is 0 Å². The average Bonchev–Trinajstić information content (AvgIpc) is 2.30. The molecule has 0 aliphatic carbocycles.